The number of rotatable bonds is 4. The summed E-state index contributed by atoms with van der Waals surface area (Å²) in [6, 6.07) is 8.61. The Bertz CT molecular complexity index is 607. The van der Waals surface area contributed by atoms with Crippen molar-refractivity contribution < 1.29 is 14.3 Å². The van der Waals surface area contributed by atoms with E-state index in [1.165, 1.54) is 0 Å². The molecule has 2 amide bonds. The lowest BCUT2D eigenvalue weighted by Gasteiger charge is -2.23. The Labute approximate surface area is 134 Å². The zero-order chi connectivity index (χ0) is 16.3. The molecule has 2 rings (SSSR count). The summed E-state index contributed by atoms with van der Waals surface area (Å²) in [6.45, 7) is 4.06. The molecule has 5 nitrogen and oxygen atoms in total. The van der Waals surface area contributed by atoms with E-state index in [9.17, 15) is 14.9 Å². The van der Waals surface area contributed by atoms with Crippen molar-refractivity contribution in [1.82, 2.24) is 4.90 Å². The van der Waals surface area contributed by atoms with Gasteiger partial charge in [0, 0.05) is 11.4 Å². The molecule has 1 aromatic carbocycles. The second kappa shape index (κ2) is 6.80. The van der Waals surface area contributed by atoms with Gasteiger partial charge in [-0.1, -0.05) is 37.6 Å². The minimum atomic E-state index is -0.628. The molecule has 1 aromatic rings. The number of amides is 2. The van der Waals surface area contributed by atoms with Crippen molar-refractivity contribution >= 4 is 23.6 Å². The van der Waals surface area contributed by atoms with Crippen LogP contribution in [0.3, 0.4) is 0 Å². The number of benzene rings is 1. The Kier molecular flexibility index (Phi) is 5.04. The van der Waals surface area contributed by atoms with Crippen LogP contribution in [0.15, 0.2) is 24.3 Å². The molecule has 0 spiro atoms. The molecule has 2 atom stereocenters. The average Bonchev–Trinajstić information content (AvgIpc) is 2.87. The highest BCUT2D eigenvalue weighted by Gasteiger charge is 2.40. The van der Waals surface area contributed by atoms with Crippen molar-refractivity contribution in [1.29, 1.82) is 5.26 Å². The third kappa shape index (κ3) is 3.40. The summed E-state index contributed by atoms with van der Waals surface area (Å²) in [6.07, 6.45) is -0.687. The maximum Gasteiger partial charge on any atom is 0.416 e. The largest absolute Gasteiger partial charge is 0.447 e. The number of cyclic esters (lactones) is 1. The molecule has 1 fully saturated rings. The van der Waals surface area contributed by atoms with E-state index in [0.29, 0.717) is 10.6 Å². The summed E-state index contributed by atoms with van der Waals surface area (Å²) in [4.78, 5) is 25.3. The molecule has 6 heteroatoms. The van der Waals surface area contributed by atoms with Gasteiger partial charge < -0.3 is 4.74 Å². The summed E-state index contributed by atoms with van der Waals surface area (Å²) in [5.41, 5.74) is 0.703. The number of imide groups is 1. The average molecular weight is 321 g/mol. The Morgan fingerprint density at radius 3 is 2.64 bits per heavy atom. The fraction of sp³-hybridized carbons (Fsp3) is 0.438. The molecule has 1 heterocycles. The number of carbonyl (C=O) groups excluding carboxylic acids is 2. The van der Waals surface area contributed by atoms with Gasteiger partial charge in [0.25, 0.3) is 0 Å². The Morgan fingerprint density at radius 1 is 1.45 bits per heavy atom. The van der Waals surface area contributed by atoms with Gasteiger partial charge in [-0.2, -0.15) is 5.26 Å². The molecule has 1 aliphatic rings. The van der Waals surface area contributed by atoms with Crippen LogP contribution < -0.4 is 0 Å². The molecule has 116 valence electrons. The van der Waals surface area contributed by atoms with Gasteiger partial charge >= 0.3 is 6.09 Å². The summed E-state index contributed by atoms with van der Waals surface area (Å²) in [7, 11) is 0. The lowest BCUT2D eigenvalue weighted by molar-refractivity contribution is -0.129. The summed E-state index contributed by atoms with van der Waals surface area (Å²) >= 11 is 5.82. The minimum Gasteiger partial charge on any atom is -0.447 e. The minimum absolute atomic E-state index is 0.0591. The third-order valence-corrected chi connectivity index (χ3v) is 4.00. The second-order valence-electron chi connectivity index (χ2n) is 5.59. The van der Waals surface area contributed by atoms with Crippen LogP contribution in [0.1, 0.15) is 31.7 Å². The summed E-state index contributed by atoms with van der Waals surface area (Å²) in [5, 5.41) is 9.88. The van der Waals surface area contributed by atoms with Crippen LogP contribution in [0.25, 0.3) is 0 Å². The van der Waals surface area contributed by atoms with E-state index in [2.05, 4.69) is 6.07 Å². The number of nitriles is 1. The molecule has 0 saturated carbocycles. The molecule has 0 aliphatic carbocycles. The fourth-order valence-corrected chi connectivity index (χ4v) is 2.55. The molecular formula is C16H17ClN2O3. The Hall–Kier alpha value is -2.06. The molecular weight excluding hydrogens is 304 g/mol. The molecule has 22 heavy (non-hydrogen) atoms. The zero-order valence-corrected chi connectivity index (χ0v) is 13.2. The molecule has 1 saturated heterocycles. The highest BCUT2D eigenvalue weighted by Crippen LogP contribution is 2.26. The molecule has 0 bridgehead atoms. The third-order valence-electron chi connectivity index (χ3n) is 3.75. The van der Waals surface area contributed by atoms with E-state index in [-0.39, 0.29) is 30.9 Å². The first-order chi connectivity index (χ1) is 10.4. The molecule has 0 aromatic heterocycles. The summed E-state index contributed by atoms with van der Waals surface area (Å²) in [5.74, 6) is -0.903. The van der Waals surface area contributed by atoms with Gasteiger partial charge in [-0.3, -0.25) is 4.79 Å². The first-order valence-electron chi connectivity index (χ1n) is 7.08. The van der Waals surface area contributed by atoms with E-state index >= 15 is 0 Å². The normalized spacial score (nSPS) is 19.0. The van der Waals surface area contributed by atoms with Crippen LogP contribution in [0.4, 0.5) is 4.79 Å². The van der Waals surface area contributed by atoms with E-state index in [1.54, 1.807) is 24.3 Å². The highest BCUT2D eigenvalue weighted by atomic mass is 35.5. The first kappa shape index (κ1) is 16.3. The predicted octanol–water partition coefficient (Wildman–Crippen LogP) is 3.34. The number of hydrogen-bond acceptors (Lipinski definition) is 4. The monoisotopic (exact) mass is 320 g/mol. The van der Waals surface area contributed by atoms with Gasteiger partial charge in [0.2, 0.25) is 5.91 Å². The van der Waals surface area contributed by atoms with Crippen molar-refractivity contribution in [2.75, 3.05) is 6.61 Å². The standard InChI is InChI=1S/C16H17ClN2O3/c1-10(2)14-9-22-16(21)19(14)15(20)7-12(8-18)11-3-5-13(17)6-4-11/h3-6,10,12,14H,7,9H2,1-2H3/t12-,14?/m1/s1. The molecule has 0 N–H and O–H groups in total. The predicted molar refractivity (Wildman–Crippen MR) is 81.2 cm³/mol. The number of halogens is 1. The second-order valence-corrected chi connectivity index (χ2v) is 6.03. The van der Waals surface area contributed by atoms with E-state index in [4.69, 9.17) is 16.3 Å². The van der Waals surface area contributed by atoms with Crippen LogP contribution in [0.2, 0.25) is 5.02 Å². The maximum absolute atomic E-state index is 12.4. The lowest BCUT2D eigenvalue weighted by Crippen LogP contribution is -2.42. The Balaban J connectivity index is 2.14. The van der Waals surface area contributed by atoms with Crippen molar-refractivity contribution in [3.63, 3.8) is 0 Å². The quantitative estimate of drug-likeness (QED) is 0.853. The van der Waals surface area contributed by atoms with Gasteiger partial charge in [0.05, 0.1) is 18.0 Å². The van der Waals surface area contributed by atoms with Crippen molar-refractivity contribution in [2.24, 2.45) is 5.92 Å². The van der Waals surface area contributed by atoms with Crippen molar-refractivity contribution in [3.8, 4) is 6.07 Å². The number of ether oxygens (including phenoxy) is 1. The van der Waals surface area contributed by atoms with Gasteiger partial charge in [-0.05, 0) is 23.6 Å². The van der Waals surface area contributed by atoms with Gasteiger partial charge in [0.1, 0.15) is 6.61 Å². The highest BCUT2D eigenvalue weighted by molar-refractivity contribution is 6.30. The fourth-order valence-electron chi connectivity index (χ4n) is 2.42. The van der Waals surface area contributed by atoms with Gasteiger partial charge in [-0.15, -0.1) is 0 Å². The molecule has 1 aliphatic heterocycles. The van der Waals surface area contributed by atoms with E-state index < -0.39 is 12.0 Å². The number of carbonyl (C=O) groups is 2. The SMILES string of the molecule is CC(C)C1COC(=O)N1C(=O)C[C@H](C#N)c1ccc(Cl)cc1. The van der Waals surface area contributed by atoms with Crippen molar-refractivity contribution in [2.45, 2.75) is 32.2 Å². The first-order valence-corrected chi connectivity index (χ1v) is 7.45. The topological polar surface area (TPSA) is 70.4 Å². The number of hydrogen-bond donors (Lipinski definition) is 0. The summed E-state index contributed by atoms with van der Waals surface area (Å²) < 4.78 is 4.96. The molecule has 0 radical (unpaired) electrons. The van der Waals surface area contributed by atoms with Crippen molar-refractivity contribution in [3.05, 3.63) is 34.9 Å². The van der Waals surface area contributed by atoms with Crippen LogP contribution in [0.5, 0.6) is 0 Å². The van der Waals surface area contributed by atoms with Crippen LogP contribution in [0, 0.1) is 17.2 Å². The smallest absolute Gasteiger partial charge is 0.416 e. The van der Waals surface area contributed by atoms with E-state index in [1.807, 2.05) is 13.8 Å². The zero-order valence-electron chi connectivity index (χ0n) is 12.5. The Morgan fingerprint density at radius 2 is 2.09 bits per heavy atom. The maximum atomic E-state index is 12.4. The van der Waals surface area contributed by atoms with E-state index in [0.717, 1.165) is 4.90 Å². The van der Waals surface area contributed by atoms with Crippen LogP contribution in [-0.2, 0) is 9.53 Å². The molecule has 1 unspecified atom stereocenters. The lowest BCUT2D eigenvalue weighted by atomic mass is 9.96. The van der Waals surface area contributed by atoms with Gasteiger partial charge in [0.15, 0.2) is 0 Å². The van der Waals surface area contributed by atoms with Gasteiger partial charge in [-0.25, -0.2) is 9.69 Å². The number of nitrogens with zero attached hydrogens (tertiary/aromatic N) is 2. The van der Waals surface area contributed by atoms with Crippen LogP contribution in [-0.4, -0.2) is 29.5 Å². The van der Waals surface area contributed by atoms with Crippen LogP contribution >= 0.6 is 11.6 Å².